The summed E-state index contributed by atoms with van der Waals surface area (Å²) in [4.78, 5) is 1.91. The fourth-order valence-corrected chi connectivity index (χ4v) is 2.62. The normalized spacial score (nSPS) is 14.5. The molecule has 0 heterocycles. The summed E-state index contributed by atoms with van der Waals surface area (Å²) in [5.74, 6) is 0.715. The van der Waals surface area contributed by atoms with E-state index in [1.54, 1.807) is 13.2 Å². The third-order valence-electron chi connectivity index (χ3n) is 3.23. The van der Waals surface area contributed by atoms with Crippen molar-refractivity contribution < 1.29 is 13.2 Å². The van der Waals surface area contributed by atoms with Gasteiger partial charge in [0.2, 0.25) is 10.0 Å². The first-order chi connectivity index (χ1) is 9.81. The standard InChI is InChI=1S/C14H21N3O3S/c1-11(9-15)21(18,19)16-10-14(17(2)3)12-6-5-7-13(8-12)20-4/h5-8,11,14,16H,10H2,1-4H3. The lowest BCUT2D eigenvalue weighted by atomic mass is 10.1. The molecule has 21 heavy (non-hydrogen) atoms. The SMILES string of the molecule is COc1cccc(C(CNS(=O)(=O)C(C)C#N)N(C)C)c1. The van der Waals surface area contributed by atoms with Crippen molar-refractivity contribution in [1.29, 1.82) is 5.26 Å². The first-order valence-corrected chi connectivity index (χ1v) is 8.05. The fourth-order valence-electron chi connectivity index (χ4n) is 1.84. The minimum absolute atomic E-state index is 0.152. The van der Waals surface area contributed by atoms with Crippen LogP contribution in [0.2, 0.25) is 0 Å². The Labute approximate surface area is 126 Å². The molecule has 0 amide bonds. The Morgan fingerprint density at radius 1 is 1.43 bits per heavy atom. The van der Waals surface area contributed by atoms with Gasteiger partial charge in [-0.05, 0) is 38.7 Å². The van der Waals surface area contributed by atoms with Crippen LogP contribution in [0.25, 0.3) is 0 Å². The predicted molar refractivity (Wildman–Crippen MR) is 81.4 cm³/mol. The van der Waals surface area contributed by atoms with Crippen molar-refractivity contribution >= 4 is 10.0 Å². The molecule has 0 aliphatic heterocycles. The number of benzene rings is 1. The average Bonchev–Trinajstić information content (AvgIpc) is 2.46. The van der Waals surface area contributed by atoms with Crippen LogP contribution in [-0.2, 0) is 10.0 Å². The van der Waals surface area contributed by atoms with Gasteiger partial charge in [0.15, 0.2) is 5.25 Å². The maximum Gasteiger partial charge on any atom is 0.227 e. The van der Waals surface area contributed by atoms with Crippen LogP contribution in [0, 0.1) is 11.3 Å². The number of hydrogen-bond acceptors (Lipinski definition) is 5. The first-order valence-electron chi connectivity index (χ1n) is 6.50. The zero-order chi connectivity index (χ0) is 16.0. The second-order valence-electron chi connectivity index (χ2n) is 4.92. The highest BCUT2D eigenvalue weighted by atomic mass is 32.2. The highest BCUT2D eigenvalue weighted by Crippen LogP contribution is 2.22. The highest BCUT2D eigenvalue weighted by Gasteiger charge is 2.23. The number of nitrogens with one attached hydrogen (secondary N) is 1. The van der Waals surface area contributed by atoms with E-state index in [0.717, 1.165) is 5.56 Å². The van der Waals surface area contributed by atoms with E-state index in [2.05, 4.69) is 4.72 Å². The molecule has 0 bridgehead atoms. The summed E-state index contributed by atoms with van der Waals surface area (Å²) in [6.07, 6.45) is 0. The molecule has 2 unspecified atom stereocenters. The zero-order valence-electron chi connectivity index (χ0n) is 12.7. The minimum atomic E-state index is -3.63. The Morgan fingerprint density at radius 2 is 2.10 bits per heavy atom. The van der Waals surface area contributed by atoms with Gasteiger partial charge in [-0.15, -0.1) is 0 Å². The molecule has 116 valence electrons. The number of rotatable bonds is 7. The lowest BCUT2D eigenvalue weighted by molar-refractivity contribution is 0.298. The smallest absolute Gasteiger partial charge is 0.227 e. The van der Waals surface area contributed by atoms with Crippen molar-refractivity contribution in [2.45, 2.75) is 18.2 Å². The molecular formula is C14H21N3O3S. The van der Waals surface area contributed by atoms with Crippen molar-refractivity contribution in [2.24, 2.45) is 0 Å². The molecule has 0 aliphatic carbocycles. The number of nitriles is 1. The van der Waals surface area contributed by atoms with Gasteiger partial charge < -0.3 is 9.64 Å². The Kier molecular flexibility index (Phi) is 6.15. The predicted octanol–water partition coefficient (Wildman–Crippen LogP) is 1.13. The minimum Gasteiger partial charge on any atom is -0.497 e. The number of hydrogen-bond donors (Lipinski definition) is 1. The third kappa shape index (κ3) is 4.70. The summed E-state index contributed by atoms with van der Waals surface area (Å²) in [5, 5.41) is 7.66. The molecule has 7 heteroatoms. The van der Waals surface area contributed by atoms with E-state index in [1.807, 2.05) is 43.3 Å². The summed E-state index contributed by atoms with van der Waals surface area (Å²) < 4.78 is 31.4. The molecule has 0 radical (unpaired) electrons. The van der Waals surface area contributed by atoms with Crippen LogP contribution in [0.15, 0.2) is 24.3 Å². The van der Waals surface area contributed by atoms with Crippen LogP contribution >= 0.6 is 0 Å². The topological polar surface area (TPSA) is 82.4 Å². The van der Waals surface area contributed by atoms with E-state index >= 15 is 0 Å². The van der Waals surface area contributed by atoms with Gasteiger partial charge in [0, 0.05) is 12.6 Å². The summed E-state index contributed by atoms with van der Waals surface area (Å²) in [7, 11) is 1.69. The second kappa shape index (κ2) is 7.41. The van der Waals surface area contributed by atoms with Crippen LogP contribution in [0.5, 0.6) is 5.75 Å². The molecule has 1 N–H and O–H groups in total. The molecule has 0 fully saturated rings. The maximum atomic E-state index is 11.9. The van der Waals surface area contributed by atoms with E-state index in [1.165, 1.54) is 6.92 Å². The van der Waals surface area contributed by atoms with Gasteiger partial charge >= 0.3 is 0 Å². The van der Waals surface area contributed by atoms with Crippen LogP contribution < -0.4 is 9.46 Å². The zero-order valence-corrected chi connectivity index (χ0v) is 13.5. The van der Waals surface area contributed by atoms with Crippen LogP contribution in [-0.4, -0.2) is 46.3 Å². The number of ether oxygens (including phenoxy) is 1. The molecule has 1 rings (SSSR count). The van der Waals surface area contributed by atoms with Crippen molar-refractivity contribution in [3.8, 4) is 11.8 Å². The molecule has 6 nitrogen and oxygen atoms in total. The van der Waals surface area contributed by atoms with Gasteiger partial charge in [0.25, 0.3) is 0 Å². The van der Waals surface area contributed by atoms with Gasteiger partial charge in [-0.1, -0.05) is 12.1 Å². The number of nitrogens with zero attached hydrogens (tertiary/aromatic N) is 2. The lowest BCUT2D eigenvalue weighted by Gasteiger charge is -2.25. The first kappa shape index (κ1) is 17.4. The Bertz CT molecular complexity index is 608. The van der Waals surface area contributed by atoms with E-state index < -0.39 is 15.3 Å². The van der Waals surface area contributed by atoms with Crippen LogP contribution in [0.3, 0.4) is 0 Å². The van der Waals surface area contributed by atoms with E-state index in [0.29, 0.717) is 5.75 Å². The Balaban J connectivity index is 2.92. The van der Waals surface area contributed by atoms with Gasteiger partial charge in [-0.25, -0.2) is 13.1 Å². The van der Waals surface area contributed by atoms with E-state index in [9.17, 15) is 8.42 Å². The van der Waals surface area contributed by atoms with Gasteiger partial charge in [-0.2, -0.15) is 5.26 Å². The van der Waals surface area contributed by atoms with Gasteiger partial charge in [0.05, 0.1) is 13.2 Å². The molecule has 0 aliphatic rings. The largest absolute Gasteiger partial charge is 0.497 e. The number of methoxy groups -OCH3 is 1. The molecule has 1 aromatic carbocycles. The summed E-state index contributed by atoms with van der Waals surface area (Å²) in [6.45, 7) is 1.55. The monoisotopic (exact) mass is 311 g/mol. The van der Waals surface area contributed by atoms with Crippen molar-refractivity contribution in [1.82, 2.24) is 9.62 Å². The summed E-state index contributed by atoms with van der Waals surface area (Å²) in [5.41, 5.74) is 0.937. The van der Waals surface area contributed by atoms with Crippen molar-refractivity contribution in [3.05, 3.63) is 29.8 Å². The lowest BCUT2D eigenvalue weighted by Crippen LogP contribution is -2.38. The molecule has 0 saturated heterocycles. The van der Waals surface area contributed by atoms with Crippen molar-refractivity contribution in [3.63, 3.8) is 0 Å². The average molecular weight is 311 g/mol. The third-order valence-corrected chi connectivity index (χ3v) is 4.83. The second-order valence-corrected chi connectivity index (χ2v) is 7.01. The maximum absolute atomic E-state index is 11.9. The number of sulfonamides is 1. The fraction of sp³-hybridized carbons (Fsp3) is 0.500. The van der Waals surface area contributed by atoms with Crippen LogP contribution in [0.4, 0.5) is 0 Å². The van der Waals surface area contributed by atoms with Gasteiger partial charge in [-0.3, -0.25) is 0 Å². The summed E-state index contributed by atoms with van der Waals surface area (Å²) in [6, 6.07) is 9.05. The number of likely N-dealkylation sites (N-methyl/N-ethyl adjacent to an activating group) is 1. The molecule has 2 atom stereocenters. The summed E-state index contributed by atoms with van der Waals surface area (Å²) >= 11 is 0. The molecular weight excluding hydrogens is 290 g/mol. The Morgan fingerprint density at radius 3 is 2.62 bits per heavy atom. The molecule has 0 saturated carbocycles. The quantitative estimate of drug-likeness (QED) is 0.816. The molecule has 0 spiro atoms. The van der Waals surface area contributed by atoms with E-state index in [-0.39, 0.29) is 12.6 Å². The van der Waals surface area contributed by atoms with Gasteiger partial charge in [0.1, 0.15) is 5.75 Å². The van der Waals surface area contributed by atoms with E-state index in [4.69, 9.17) is 10.00 Å². The Hall–Kier alpha value is -1.62. The molecule has 1 aromatic rings. The van der Waals surface area contributed by atoms with Crippen LogP contribution in [0.1, 0.15) is 18.5 Å². The van der Waals surface area contributed by atoms with Crippen molar-refractivity contribution in [2.75, 3.05) is 27.7 Å². The molecule has 0 aromatic heterocycles. The highest BCUT2D eigenvalue weighted by molar-refractivity contribution is 7.90.